The molecule has 1 amide bonds. The minimum Gasteiger partial charge on any atom is -0.352 e. The van der Waals surface area contributed by atoms with Crippen molar-refractivity contribution in [1.29, 1.82) is 0 Å². The minimum absolute atomic E-state index is 0.155. The molecule has 1 N–H and O–H groups in total. The van der Waals surface area contributed by atoms with Gasteiger partial charge in [-0.2, -0.15) is 0 Å². The van der Waals surface area contributed by atoms with E-state index >= 15 is 0 Å². The van der Waals surface area contributed by atoms with Gasteiger partial charge in [-0.15, -0.1) is 0 Å². The maximum absolute atomic E-state index is 11.2. The van der Waals surface area contributed by atoms with Gasteiger partial charge < -0.3 is 15.1 Å². The zero-order chi connectivity index (χ0) is 12.1. The predicted octanol–water partition coefficient (Wildman–Crippen LogP) is 0.134. The summed E-state index contributed by atoms with van der Waals surface area (Å²) < 4.78 is 0. The Morgan fingerprint density at radius 3 is 2.50 bits per heavy atom. The summed E-state index contributed by atoms with van der Waals surface area (Å²) in [5, 5.41) is 2.97. The first-order valence-electron chi connectivity index (χ1n) is 5.69. The minimum atomic E-state index is 0.155. The Labute approximate surface area is 97.5 Å². The molecule has 0 radical (unpaired) electrons. The molecule has 0 bridgehead atoms. The molecule has 0 aromatic rings. The zero-order valence-electron chi connectivity index (χ0n) is 10.7. The van der Waals surface area contributed by atoms with Gasteiger partial charge >= 0.3 is 0 Å². The van der Waals surface area contributed by atoms with Crippen molar-refractivity contribution >= 4 is 11.9 Å². The molecule has 0 aliphatic carbocycles. The van der Waals surface area contributed by atoms with Crippen LogP contribution in [0.25, 0.3) is 0 Å². The van der Waals surface area contributed by atoms with Crippen molar-refractivity contribution < 1.29 is 4.79 Å². The molecule has 1 unspecified atom stereocenters. The highest BCUT2D eigenvalue weighted by molar-refractivity contribution is 5.79. The van der Waals surface area contributed by atoms with Crippen LogP contribution in [0.15, 0.2) is 4.99 Å². The number of carbonyl (C=O) groups excluding carboxylic acids is 1. The Balaban J connectivity index is 2.52. The first-order chi connectivity index (χ1) is 7.50. The van der Waals surface area contributed by atoms with Crippen molar-refractivity contribution in [2.45, 2.75) is 25.3 Å². The van der Waals surface area contributed by atoms with Gasteiger partial charge in [-0.25, -0.2) is 0 Å². The number of nitrogens with zero attached hydrogens (tertiary/aromatic N) is 3. The van der Waals surface area contributed by atoms with Crippen LogP contribution in [0, 0.1) is 0 Å². The quantitative estimate of drug-likeness (QED) is 0.538. The number of nitrogens with one attached hydrogen (secondary N) is 1. The summed E-state index contributed by atoms with van der Waals surface area (Å²) in [5.74, 6) is 1.09. The summed E-state index contributed by atoms with van der Waals surface area (Å²) in [6.07, 6.45) is 2.67. The van der Waals surface area contributed by atoms with E-state index in [0.29, 0.717) is 13.0 Å². The third-order valence-electron chi connectivity index (χ3n) is 2.57. The SMILES string of the molecule is CN(C)C(=NCC1CCCC(=O)N1)N(C)C. The van der Waals surface area contributed by atoms with Crippen molar-refractivity contribution in [2.24, 2.45) is 4.99 Å². The molecule has 0 saturated carbocycles. The highest BCUT2D eigenvalue weighted by Gasteiger charge is 2.17. The van der Waals surface area contributed by atoms with Crippen LogP contribution in [-0.4, -0.2) is 62.4 Å². The first kappa shape index (κ1) is 12.8. The maximum Gasteiger partial charge on any atom is 0.220 e. The molecule has 0 spiro atoms. The Kier molecular flexibility index (Phi) is 4.58. The average molecular weight is 226 g/mol. The largest absolute Gasteiger partial charge is 0.352 e. The topological polar surface area (TPSA) is 47.9 Å². The molecule has 5 nitrogen and oxygen atoms in total. The second-order valence-corrected chi connectivity index (χ2v) is 4.59. The lowest BCUT2D eigenvalue weighted by Gasteiger charge is -2.25. The molecule has 1 aliphatic rings. The van der Waals surface area contributed by atoms with E-state index in [4.69, 9.17) is 0 Å². The van der Waals surface area contributed by atoms with Crippen LogP contribution in [0.4, 0.5) is 0 Å². The Morgan fingerprint density at radius 1 is 1.38 bits per heavy atom. The number of hydrogen-bond donors (Lipinski definition) is 1. The molecule has 16 heavy (non-hydrogen) atoms. The van der Waals surface area contributed by atoms with E-state index in [-0.39, 0.29) is 11.9 Å². The standard InChI is InChI=1S/C11H22N4O/c1-14(2)11(15(3)4)12-8-9-6-5-7-10(16)13-9/h9H,5-8H2,1-4H3,(H,13,16). The molecule has 5 heteroatoms. The number of guanidine groups is 1. The van der Waals surface area contributed by atoms with E-state index in [2.05, 4.69) is 10.3 Å². The van der Waals surface area contributed by atoms with Gasteiger partial charge in [-0.3, -0.25) is 9.79 Å². The fraction of sp³-hybridized carbons (Fsp3) is 0.818. The van der Waals surface area contributed by atoms with E-state index in [1.807, 2.05) is 38.0 Å². The van der Waals surface area contributed by atoms with Gasteiger partial charge in [-0.05, 0) is 12.8 Å². The van der Waals surface area contributed by atoms with Crippen molar-refractivity contribution in [3.05, 3.63) is 0 Å². The Hall–Kier alpha value is -1.26. The molecule has 1 fully saturated rings. The lowest BCUT2D eigenvalue weighted by Crippen LogP contribution is -2.42. The van der Waals surface area contributed by atoms with Crippen molar-refractivity contribution in [2.75, 3.05) is 34.7 Å². The monoisotopic (exact) mass is 226 g/mol. The summed E-state index contributed by atoms with van der Waals surface area (Å²) in [7, 11) is 7.88. The van der Waals surface area contributed by atoms with Crippen LogP contribution >= 0.6 is 0 Å². The van der Waals surface area contributed by atoms with E-state index in [0.717, 1.165) is 18.8 Å². The number of piperidine rings is 1. The molecule has 0 aromatic carbocycles. The van der Waals surface area contributed by atoms with E-state index < -0.39 is 0 Å². The highest BCUT2D eigenvalue weighted by Crippen LogP contribution is 2.08. The third kappa shape index (κ3) is 3.72. The van der Waals surface area contributed by atoms with E-state index in [9.17, 15) is 4.79 Å². The van der Waals surface area contributed by atoms with Crippen LogP contribution in [0.1, 0.15) is 19.3 Å². The molecule has 92 valence electrons. The summed E-state index contributed by atoms with van der Waals surface area (Å²) >= 11 is 0. The lowest BCUT2D eigenvalue weighted by molar-refractivity contribution is -0.123. The first-order valence-corrected chi connectivity index (χ1v) is 5.69. The molecule has 0 aromatic heterocycles. The third-order valence-corrected chi connectivity index (χ3v) is 2.57. The number of rotatable bonds is 2. The second kappa shape index (κ2) is 5.72. The zero-order valence-corrected chi connectivity index (χ0v) is 10.7. The fourth-order valence-electron chi connectivity index (χ4n) is 1.89. The predicted molar refractivity (Wildman–Crippen MR) is 65.5 cm³/mol. The summed E-state index contributed by atoms with van der Waals surface area (Å²) in [6, 6.07) is 0.205. The van der Waals surface area contributed by atoms with E-state index in [1.165, 1.54) is 0 Å². The number of aliphatic imine (C=N–C) groups is 1. The molecule has 1 atom stereocenters. The van der Waals surface area contributed by atoms with Gasteiger partial charge in [0.25, 0.3) is 0 Å². The maximum atomic E-state index is 11.2. The summed E-state index contributed by atoms with van der Waals surface area (Å²) in [5.41, 5.74) is 0. The smallest absolute Gasteiger partial charge is 0.220 e. The molecule has 1 rings (SSSR count). The Morgan fingerprint density at radius 2 is 2.00 bits per heavy atom. The van der Waals surface area contributed by atoms with Crippen LogP contribution in [0.2, 0.25) is 0 Å². The number of carbonyl (C=O) groups is 1. The molecular weight excluding hydrogens is 204 g/mol. The van der Waals surface area contributed by atoms with Gasteiger partial charge in [0.15, 0.2) is 5.96 Å². The number of amides is 1. The Bertz CT molecular complexity index is 263. The van der Waals surface area contributed by atoms with Crippen molar-refractivity contribution in [3.8, 4) is 0 Å². The van der Waals surface area contributed by atoms with Gasteiger partial charge in [0.05, 0.1) is 6.54 Å². The van der Waals surface area contributed by atoms with Crippen LogP contribution in [0.3, 0.4) is 0 Å². The second-order valence-electron chi connectivity index (χ2n) is 4.59. The summed E-state index contributed by atoms with van der Waals surface area (Å²) in [6.45, 7) is 0.664. The normalized spacial score (nSPS) is 20.0. The summed E-state index contributed by atoms with van der Waals surface area (Å²) in [4.78, 5) is 19.7. The molecule has 1 aliphatic heterocycles. The van der Waals surface area contributed by atoms with E-state index in [1.54, 1.807) is 0 Å². The molecule has 1 saturated heterocycles. The van der Waals surface area contributed by atoms with Crippen LogP contribution in [-0.2, 0) is 4.79 Å². The van der Waals surface area contributed by atoms with Gasteiger partial charge in [0, 0.05) is 40.7 Å². The van der Waals surface area contributed by atoms with Gasteiger partial charge in [-0.1, -0.05) is 0 Å². The average Bonchev–Trinajstić information content (AvgIpc) is 2.16. The number of hydrogen-bond acceptors (Lipinski definition) is 2. The van der Waals surface area contributed by atoms with Crippen LogP contribution in [0.5, 0.6) is 0 Å². The lowest BCUT2D eigenvalue weighted by atomic mass is 10.0. The highest BCUT2D eigenvalue weighted by atomic mass is 16.1. The van der Waals surface area contributed by atoms with Gasteiger partial charge in [0.1, 0.15) is 0 Å². The van der Waals surface area contributed by atoms with Crippen molar-refractivity contribution in [3.63, 3.8) is 0 Å². The molecule has 1 heterocycles. The van der Waals surface area contributed by atoms with Crippen LogP contribution < -0.4 is 5.32 Å². The van der Waals surface area contributed by atoms with Crippen molar-refractivity contribution in [1.82, 2.24) is 15.1 Å². The molecular formula is C11H22N4O. The van der Waals surface area contributed by atoms with Gasteiger partial charge in [0.2, 0.25) is 5.91 Å². The fourth-order valence-corrected chi connectivity index (χ4v) is 1.89.